The number of rotatable bonds is 4. The number of alkyl halides is 8. The molecule has 0 aromatic carbocycles. The third-order valence-electron chi connectivity index (χ3n) is 3.12. The van der Waals surface area contributed by atoms with Crippen LogP contribution in [-0.2, 0) is 4.32 Å². The van der Waals surface area contributed by atoms with Crippen LogP contribution in [0.1, 0.15) is 5.56 Å². The van der Waals surface area contributed by atoms with Crippen molar-refractivity contribution in [3.05, 3.63) is 57.0 Å². The smallest absolute Gasteiger partial charge is 0.244 e. The van der Waals surface area contributed by atoms with Gasteiger partial charge in [0.15, 0.2) is 0 Å². The maximum absolute atomic E-state index is 13.7. The van der Waals surface area contributed by atoms with E-state index in [9.17, 15) is 30.7 Å². The summed E-state index contributed by atoms with van der Waals surface area (Å²) in [5.41, 5.74) is 0.399. The molecule has 143 valence electrons. The van der Waals surface area contributed by atoms with Gasteiger partial charge in [-0.15, -0.1) is 0 Å². The Bertz CT molecular complexity index is 749. The number of halogens is 10. The lowest BCUT2D eigenvalue weighted by Gasteiger charge is -2.31. The van der Waals surface area contributed by atoms with Gasteiger partial charge < -0.3 is 0 Å². The minimum atomic E-state index is -6.39. The Morgan fingerprint density at radius 3 is 2.19 bits per heavy atom. The molecular formula is C14H6Br2ClF7NS. The molecule has 0 saturated heterocycles. The van der Waals surface area contributed by atoms with E-state index in [1.54, 1.807) is 0 Å². The minimum absolute atomic E-state index is 0.158. The molecule has 0 amide bonds. The molecule has 1 radical (unpaired) electrons. The van der Waals surface area contributed by atoms with Gasteiger partial charge >= 0.3 is 17.4 Å². The van der Waals surface area contributed by atoms with Crippen LogP contribution in [0.15, 0.2) is 39.9 Å². The quantitative estimate of drug-likeness (QED) is 0.224. The summed E-state index contributed by atoms with van der Waals surface area (Å²) >= 11 is 11.1. The summed E-state index contributed by atoms with van der Waals surface area (Å²) in [7, 11) is 0. The predicted octanol–water partition coefficient (Wildman–Crippen LogP) is 7.23. The summed E-state index contributed by atoms with van der Waals surface area (Å²) in [4.78, 5) is 3.32. The largest absolute Gasteiger partial charge is 0.460 e. The molecular weight excluding hydrogens is 542 g/mol. The molecule has 1 aliphatic carbocycles. The summed E-state index contributed by atoms with van der Waals surface area (Å²) < 4.78 is 89.4. The van der Waals surface area contributed by atoms with Gasteiger partial charge in [-0.25, -0.2) is 4.98 Å². The summed E-state index contributed by atoms with van der Waals surface area (Å²) in [6, 6.07) is 2.90. The van der Waals surface area contributed by atoms with Crippen LogP contribution < -0.4 is 0 Å². The molecule has 1 aromatic heterocycles. The highest BCUT2D eigenvalue weighted by molar-refractivity contribution is 9.12. The van der Waals surface area contributed by atoms with Crippen LogP contribution in [0.3, 0.4) is 0 Å². The van der Waals surface area contributed by atoms with E-state index in [1.807, 2.05) is 0 Å². The molecule has 1 heterocycles. The topological polar surface area (TPSA) is 12.9 Å². The van der Waals surface area contributed by atoms with E-state index in [0.29, 0.717) is 5.56 Å². The molecule has 26 heavy (non-hydrogen) atoms. The minimum Gasteiger partial charge on any atom is -0.244 e. The third-order valence-corrected chi connectivity index (χ3v) is 5.70. The molecule has 0 saturated carbocycles. The Kier molecular flexibility index (Phi) is 6.18. The van der Waals surface area contributed by atoms with Gasteiger partial charge in [0.1, 0.15) is 5.15 Å². The molecule has 1 aliphatic rings. The highest BCUT2D eigenvalue weighted by Gasteiger charge is 2.73. The van der Waals surface area contributed by atoms with Crippen LogP contribution in [0.25, 0.3) is 0 Å². The highest BCUT2D eigenvalue weighted by atomic mass is 79.9. The second-order valence-electron chi connectivity index (χ2n) is 5.05. The van der Waals surface area contributed by atoms with Gasteiger partial charge in [0.2, 0.25) is 0 Å². The van der Waals surface area contributed by atoms with E-state index in [4.69, 9.17) is 11.6 Å². The summed E-state index contributed by atoms with van der Waals surface area (Å²) in [5.74, 6) is -6.20. The Balaban J connectivity index is 2.39. The molecule has 1 unspecified atom stereocenters. The maximum atomic E-state index is 13.7. The first-order valence-corrected chi connectivity index (χ1v) is 9.24. The number of hydrogen-bond donors (Lipinski definition) is 0. The van der Waals surface area contributed by atoms with Crippen molar-refractivity contribution < 1.29 is 30.7 Å². The van der Waals surface area contributed by atoms with E-state index >= 15 is 0 Å². The van der Waals surface area contributed by atoms with Crippen LogP contribution in [-0.4, -0.2) is 22.3 Å². The van der Waals surface area contributed by atoms with Crippen molar-refractivity contribution >= 4 is 55.2 Å². The molecule has 1 aromatic rings. The molecule has 2 rings (SSSR count). The van der Waals surface area contributed by atoms with Crippen molar-refractivity contribution in [1.29, 1.82) is 0 Å². The van der Waals surface area contributed by atoms with E-state index in [-0.39, 0.29) is 9.64 Å². The standard InChI is InChI=1S/C14H6Br2ClF7NS/c15-8-3-9(26-14(23,24)12(18,19)13(20,21)22)5-11(16,4-8)7-1-2-10(17)25-6-7/h1-6H. The second-order valence-corrected chi connectivity index (χ2v) is 8.85. The molecule has 0 spiro atoms. The van der Waals surface area contributed by atoms with Crippen molar-refractivity contribution in [2.24, 2.45) is 0 Å². The molecule has 0 aliphatic heterocycles. The number of nitrogens with zero attached hydrogens (tertiary/aromatic N) is 1. The van der Waals surface area contributed by atoms with E-state index < -0.39 is 38.3 Å². The normalized spacial score (nSPS) is 22.1. The number of thioether (sulfide) groups is 1. The van der Waals surface area contributed by atoms with Crippen LogP contribution in [0, 0.1) is 6.42 Å². The van der Waals surface area contributed by atoms with Gasteiger partial charge in [0.25, 0.3) is 0 Å². The second kappa shape index (κ2) is 7.29. The summed E-state index contributed by atoms with van der Waals surface area (Å²) in [6.45, 7) is 0. The van der Waals surface area contributed by atoms with E-state index in [2.05, 4.69) is 36.8 Å². The van der Waals surface area contributed by atoms with Gasteiger partial charge in [-0.3, -0.25) is 0 Å². The molecule has 12 heteroatoms. The number of aromatic nitrogens is 1. The van der Waals surface area contributed by atoms with Crippen LogP contribution in [0.4, 0.5) is 30.7 Å². The maximum Gasteiger partial charge on any atom is 0.460 e. The van der Waals surface area contributed by atoms with Crippen molar-refractivity contribution in [2.75, 3.05) is 0 Å². The first kappa shape index (κ1) is 22.0. The van der Waals surface area contributed by atoms with Gasteiger partial charge in [0, 0.05) is 22.0 Å². The first-order valence-electron chi connectivity index (χ1n) is 6.46. The summed E-state index contributed by atoms with van der Waals surface area (Å²) in [5, 5.41) is -5.25. The van der Waals surface area contributed by atoms with Gasteiger partial charge in [-0.1, -0.05) is 49.5 Å². The molecule has 1 atom stereocenters. The van der Waals surface area contributed by atoms with Crippen LogP contribution >= 0.6 is 55.2 Å². The number of pyridine rings is 1. The van der Waals surface area contributed by atoms with E-state index in [1.165, 1.54) is 24.8 Å². The fourth-order valence-electron chi connectivity index (χ4n) is 1.87. The lowest BCUT2D eigenvalue weighted by molar-refractivity contribution is -0.330. The lowest BCUT2D eigenvalue weighted by Crippen LogP contribution is -2.50. The van der Waals surface area contributed by atoms with Crippen LogP contribution in [0.2, 0.25) is 5.15 Å². The number of hydrogen-bond acceptors (Lipinski definition) is 2. The fourth-order valence-corrected chi connectivity index (χ4v) is 4.90. The molecule has 0 bridgehead atoms. The summed E-state index contributed by atoms with van der Waals surface area (Å²) in [6.07, 6.45) is -1.51. The molecule has 0 fully saturated rings. The molecule has 1 nitrogen and oxygen atoms in total. The average molecular weight is 549 g/mol. The zero-order valence-electron chi connectivity index (χ0n) is 12.1. The fraction of sp³-hybridized carbons (Fsp3) is 0.286. The van der Waals surface area contributed by atoms with Crippen LogP contribution in [0.5, 0.6) is 0 Å². The SMILES string of the molecule is FC(F)(F)C(F)(F)C(F)(F)SC1=CC(Br)(c2ccc(Cl)nc2)[CH]C(Br)=C1. The third kappa shape index (κ3) is 4.41. The Morgan fingerprint density at radius 2 is 1.69 bits per heavy atom. The first-order chi connectivity index (χ1) is 11.7. The monoisotopic (exact) mass is 546 g/mol. The van der Waals surface area contributed by atoms with Crippen molar-refractivity contribution in [3.63, 3.8) is 0 Å². The van der Waals surface area contributed by atoms with Gasteiger partial charge in [0.05, 0.1) is 4.32 Å². The van der Waals surface area contributed by atoms with Gasteiger partial charge in [-0.05, 0) is 35.5 Å². The highest BCUT2D eigenvalue weighted by Crippen LogP contribution is 2.56. The zero-order valence-corrected chi connectivity index (χ0v) is 16.8. The zero-order chi connectivity index (χ0) is 20.0. The number of allylic oxidation sites excluding steroid dienone is 3. The Morgan fingerprint density at radius 1 is 1.08 bits per heavy atom. The predicted molar refractivity (Wildman–Crippen MR) is 92.8 cm³/mol. The van der Waals surface area contributed by atoms with Crippen molar-refractivity contribution in [3.8, 4) is 0 Å². The average Bonchev–Trinajstić information content (AvgIpc) is 2.44. The van der Waals surface area contributed by atoms with Gasteiger partial charge in [-0.2, -0.15) is 30.7 Å². The lowest BCUT2D eigenvalue weighted by atomic mass is 9.93. The Labute approximate surface area is 169 Å². The van der Waals surface area contributed by atoms with E-state index in [0.717, 1.165) is 12.2 Å². The Hall–Kier alpha value is -0.260. The van der Waals surface area contributed by atoms with Crippen molar-refractivity contribution in [2.45, 2.75) is 21.7 Å². The van der Waals surface area contributed by atoms with Crippen molar-refractivity contribution in [1.82, 2.24) is 4.98 Å². The molecule has 0 N–H and O–H groups in total.